The van der Waals surface area contributed by atoms with Gasteiger partial charge in [0.05, 0.1) is 6.54 Å². The van der Waals surface area contributed by atoms with Gasteiger partial charge in [0, 0.05) is 18.9 Å². The van der Waals surface area contributed by atoms with Crippen LogP contribution in [0.2, 0.25) is 0 Å². The lowest BCUT2D eigenvalue weighted by Crippen LogP contribution is -2.46. The molecule has 20 heavy (non-hydrogen) atoms. The van der Waals surface area contributed by atoms with E-state index in [0.29, 0.717) is 18.5 Å². The summed E-state index contributed by atoms with van der Waals surface area (Å²) < 4.78 is 13.0. The van der Waals surface area contributed by atoms with E-state index in [1.165, 1.54) is 17.3 Å². The molecule has 5 nitrogen and oxygen atoms in total. The first kappa shape index (κ1) is 19.1. The van der Waals surface area contributed by atoms with Crippen molar-refractivity contribution in [2.45, 2.75) is 24.7 Å². The highest BCUT2D eigenvalue weighted by molar-refractivity contribution is 5.85. The Kier molecular flexibility index (Phi) is 7.96. The van der Waals surface area contributed by atoms with Crippen LogP contribution in [0.15, 0.2) is 24.5 Å². The van der Waals surface area contributed by atoms with Crippen LogP contribution < -0.4 is 5.73 Å². The first-order valence-electron chi connectivity index (χ1n) is 5.86. The van der Waals surface area contributed by atoms with Crippen LogP contribution in [0.3, 0.4) is 0 Å². The zero-order valence-electron chi connectivity index (χ0n) is 10.7. The van der Waals surface area contributed by atoms with Gasteiger partial charge in [-0.1, -0.05) is 0 Å². The van der Waals surface area contributed by atoms with Crippen LogP contribution in [0.4, 0.5) is 4.39 Å². The minimum atomic E-state index is -1.10. The van der Waals surface area contributed by atoms with Crippen LogP contribution >= 0.6 is 24.8 Å². The van der Waals surface area contributed by atoms with E-state index in [9.17, 15) is 14.3 Å². The minimum absolute atomic E-state index is 0. The molecule has 0 aliphatic carbocycles. The van der Waals surface area contributed by atoms with Crippen LogP contribution in [-0.2, 0) is 4.79 Å². The topological polar surface area (TPSA) is 79.5 Å². The number of rotatable bonds is 3. The Hall–Kier alpha value is -0.950. The highest BCUT2D eigenvalue weighted by Gasteiger charge is 2.32. The number of hydrogen-bond donors (Lipinski definition) is 2. The average Bonchev–Trinajstić information content (AvgIpc) is 2.84. The molecule has 0 aromatic carbocycles. The van der Waals surface area contributed by atoms with Gasteiger partial charge in [-0.3, -0.25) is 9.78 Å². The fraction of sp³-hybridized carbons (Fsp3) is 0.500. The quantitative estimate of drug-likeness (QED) is 0.863. The van der Waals surface area contributed by atoms with Gasteiger partial charge in [0.1, 0.15) is 18.3 Å². The number of halogens is 3. The van der Waals surface area contributed by atoms with Gasteiger partial charge in [0.25, 0.3) is 0 Å². The largest absolute Gasteiger partial charge is 0.386 e. The molecule has 1 aromatic rings. The van der Waals surface area contributed by atoms with Crippen molar-refractivity contribution in [3.63, 3.8) is 0 Å². The normalized spacial score (nSPS) is 20.6. The van der Waals surface area contributed by atoms with E-state index >= 15 is 0 Å². The van der Waals surface area contributed by atoms with Gasteiger partial charge in [-0.15, -0.1) is 24.8 Å². The monoisotopic (exact) mass is 325 g/mol. The van der Waals surface area contributed by atoms with Crippen molar-refractivity contribution in [1.29, 1.82) is 0 Å². The van der Waals surface area contributed by atoms with E-state index in [1.54, 1.807) is 12.1 Å². The van der Waals surface area contributed by atoms with Gasteiger partial charge in [-0.25, -0.2) is 4.39 Å². The summed E-state index contributed by atoms with van der Waals surface area (Å²) in [7, 11) is 0. The number of alkyl halides is 1. The van der Waals surface area contributed by atoms with Crippen LogP contribution in [0.5, 0.6) is 0 Å². The second kappa shape index (κ2) is 8.36. The summed E-state index contributed by atoms with van der Waals surface area (Å²) in [6.07, 6.45) is 1.29. The van der Waals surface area contributed by atoms with Crippen molar-refractivity contribution in [2.75, 3.05) is 13.1 Å². The van der Waals surface area contributed by atoms with E-state index in [1.807, 2.05) is 0 Å². The van der Waals surface area contributed by atoms with Gasteiger partial charge < -0.3 is 15.7 Å². The molecule has 2 unspecified atom stereocenters. The summed E-state index contributed by atoms with van der Waals surface area (Å²) in [6, 6.07) is 2.12. The number of carbonyl (C=O) groups is 1. The van der Waals surface area contributed by atoms with E-state index in [0.717, 1.165) is 0 Å². The summed E-state index contributed by atoms with van der Waals surface area (Å²) in [6.45, 7) is 0.423. The molecule has 1 amide bonds. The second-order valence-corrected chi connectivity index (χ2v) is 4.42. The number of nitrogens with zero attached hydrogens (tertiary/aromatic N) is 2. The van der Waals surface area contributed by atoms with Crippen LogP contribution in [0.1, 0.15) is 18.1 Å². The lowest BCUT2D eigenvalue weighted by molar-refractivity contribution is -0.134. The molecular formula is C12H18Cl2FN3O2. The number of carbonyl (C=O) groups excluding carboxylic acids is 1. The van der Waals surface area contributed by atoms with Crippen molar-refractivity contribution < 1.29 is 14.3 Å². The number of likely N-dealkylation sites (tertiary alicyclic amines) is 1. The fourth-order valence-corrected chi connectivity index (χ4v) is 2.03. The van der Waals surface area contributed by atoms with Crippen LogP contribution in [0.25, 0.3) is 0 Å². The first-order valence-corrected chi connectivity index (χ1v) is 5.86. The third-order valence-corrected chi connectivity index (χ3v) is 3.12. The Bertz CT molecular complexity index is 424. The maximum atomic E-state index is 13.0. The number of pyridine rings is 1. The lowest BCUT2D eigenvalue weighted by Gasteiger charge is -2.23. The van der Waals surface area contributed by atoms with Crippen molar-refractivity contribution in [3.8, 4) is 0 Å². The van der Waals surface area contributed by atoms with Crippen molar-refractivity contribution in [3.05, 3.63) is 30.1 Å². The third kappa shape index (κ3) is 4.28. The summed E-state index contributed by atoms with van der Waals surface area (Å²) in [4.78, 5) is 17.1. The van der Waals surface area contributed by atoms with E-state index in [-0.39, 0.29) is 31.4 Å². The molecular weight excluding hydrogens is 308 g/mol. The molecule has 3 atom stereocenters. The predicted molar refractivity (Wildman–Crippen MR) is 77.8 cm³/mol. The second-order valence-electron chi connectivity index (χ2n) is 4.42. The van der Waals surface area contributed by atoms with Gasteiger partial charge in [-0.2, -0.15) is 0 Å². The molecule has 1 fully saturated rings. The highest BCUT2D eigenvalue weighted by atomic mass is 35.5. The molecule has 2 heterocycles. The molecule has 3 N–H and O–H groups in total. The average molecular weight is 326 g/mol. The number of hydrogen-bond acceptors (Lipinski definition) is 4. The maximum Gasteiger partial charge on any atom is 0.242 e. The predicted octanol–water partition coefficient (Wildman–Crippen LogP) is 0.856. The standard InChI is InChI=1S/C12H16FN3O2.2ClH/c13-9-3-6-16(7-9)12(18)10(14)11(17)8-1-4-15-5-2-8;;/h1-2,4-5,9-11,17H,3,6-7,14H2;2*1H/t9-,10?,11?;;/m1../s1. The van der Waals surface area contributed by atoms with Crippen molar-refractivity contribution >= 4 is 30.7 Å². The smallest absolute Gasteiger partial charge is 0.242 e. The Morgan fingerprint density at radius 1 is 1.45 bits per heavy atom. The highest BCUT2D eigenvalue weighted by Crippen LogP contribution is 2.19. The van der Waals surface area contributed by atoms with Crippen molar-refractivity contribution in [2.24, 2.45) is 5.73 Å². The van der Waals surface area contributed by atoms with Crippen LogP contribution in [0, 0.1) is 0 Å². The first-order chi connectivity index (χ1) is 8.59. The van der Waals surface area contributed by atoms with E-state index in [2.05, 4.69) is 4.98 Å². The molecule has 0 radical (unpaired) electrons. The number of amides is 1. The van der Waals surface area contributed by atoms with Gasteiger partial charge in [-0.05, 0) is 24.1 Å². The number of aliphatic hydroxyl groups excluding tert-OH is 1. The molecule has 1 aliphatic heterocycles. The number of aliphatic hydroxyl groups is 1. The molecule has 2 rings (SSSR count). The Labute approximate surface area is 129 Å². The fourth-order valence-electron chi connectivity index (χ4n) is 2.03. The van der Waals surface area contributed by atoms with Crippen molar-refractivity contribution in [1.82, 2.24) is 9.88 Å². The Balaban J connectivity index is 0.00000180. The lowest BCUT2D eigenvalue weighted by atomic mass is 10.0. The summed E-state index contributed by atoms with van der Waals surface area (Å²) in [5.74, 6) is -0.417. The zero-order chi connectivity index (χ0) is 13.1. The minimum Gasteiger partial charge on any atom is -0.386 e. The Morgan fingerprint density at radius 3 is 2.55 bits per heavy atom. The third-order valence-electron chi connectivity index (χ3n) is 3.12. The van der Waals surface area contributed by atoms with Gasteiger partial charge in [0.15, 0.2) is 0 Å². The molecule has 0 bridgehead atoms. The Morgan fingerprint density at radius 2 is 2.05 bits per heavy atom. The zero-order valence-corrected chi connectivity index (χ0v) is 12.3. The molecule has 0 spiro atoms. The number of nitrogens with two attached hydrogens (primary N) is 1. The van der Waals surface area contributed by atoms with Gasteiger partial charge in [0.2, 0.25) is 5.91 Å². The summed E-state index contributed by atoms with van der Waals surface area (Å²) >= 11 is 0. The molecule has 114 valence electrons. The molecule has 1 aromatic heterocycles. The van der Waals surface area contributed by atoms with E-state index in [4.69, 9.17) is 5.73 Å². The SMILES string of the molecule is Cl.Cl.NC(C(=O)N1CC[C@@H](F)C1)C(O)c1ccncc1. The molecule has 1 aliphatic rings. The number of aromatic nitrogens is 1. The summed E-state index contributed by atoms with van der Waals surface area (Å²) in [5.41, 5.74) is 6.26. The van der Waals surface area contributed by atoms with Gasteiger partial charge >= 0.3 is 0 Å². The van der Waals surface area contributed by atoms with E-state index < -0.39 is 24.2 Å². The summed E-state index contributed by atoms with van der Waals surface area (Å²) in [5, 5.41) is 9.99. The molecule has 0 saturated carbocycles. The molecule has 8 heteroatoms. The maximum absolute atomic E-state index is 13.0. The molecule has 1 saturated heterocycles. The van der Waals surface area contributed by atoms with Crippen LogP contribution in [-0.4, -0.2) is 46.2 Å².